The molecule has 96 valence electrons. The van der Waals surface area contributed by atoms with Gasteiger partial charge in [0.1, 0.15) is 0 Å². The summed E-state index contributed by atoms with van der Waals surface area (Å²) in [6.07, 6.45) is 2.66. The predicted molar refractivity (Wildman–Crippen MR) is 73.7 cm³/mol. The van der Waals surface area contributed by atoms with Gasteiger partial charge in [-0.15, -0.1) is 0 Å². The predicted octanol–water partition coefficient (Wildman–Crippen LogP) is 3.27. The number of hydrogen-bond acceptors (Lipinski definition) is 2. The number of hydrogen-bond donors (Lipinski definition) is 0. The third kappa shape index (κ3) is 2.30. The fourth-order valence-electron chi connectivity index (χ4n) is 1.99. The van der Waals surface area contributed by atoms with Gasteiger partial charge in [0.05, 0.1) is 23.9 Å². The molecule has 3 nitrogen and oxygen atoms in total. The Bertz CT molecular complexity index is 583. The molecule has 1 heterocycles. The molecule has 0 aliphatic heterocycles. The number of imidazole rings is 1. The van der Waals surface area contributed by atoms with Crippen LogP contribution in [0, 0.1) is 19.8 Å². The van der Waals surface area contributed by atoms with Gasteiger partial charge in [0.15, 0.2) is 5.78 Å². The molecule has 0 aliphatic carbocycles. The Labute approximate surface area is 108 Å². The lowest BCUT2D eigenvalue weighted by Crippen LogP contribution is -2.16. The van der Waals surface area contributed by atoms with E-state index in [0.29, 0.717) is 6.54 Å². The summed E-state index contributed by atoms with van der Waals surface area (Å²) < 4.78 is 1.95. The number of carbonyl (C=O) groups excluding carboxylic acids is 1. The Morgan fingerprint density at radius 3 is 2.67 bits per heavy atom. The molecule has 3 heteroatoms. The lowest BCUT2D eigenvalue weighted by Gasteiger charge is -2.09. The van der Waals surface area contributed by atoms with Gasteiger partial charge in [0.2, 0.25) is 0 Å². The molecule has 0 N–H and O–H groups in total. The van der Waals surface area contributed by atoms with Crippen molar-refractivity contribution in [2.45, 2.75) is 40.7 Å². The molecule has 1 aromatic carbocycles. The fraction of sp³-hybridized carbons (Fsp3) is 0.467. The SMILES string of the molecule is CCC(C)C(=O)Cn1cnc2cc(C)c(C)cc21. The standard InChI is InChI=1S/C15H20N2O/c1-5-10(2)15(18)8-17-9-16-13-6-11(3)12(4)7-14(13)17/h6-7,9-10H,5,8H2,1-4H3. The number of carbonyl (C=O) groups is 1. The number of ketones is 1. The molecular formula is C15H20N2O. The molecule has 18 heavy (non-hydrogen) atoms. The molecule has 1 aromatic heterocycles. The van der Waals surface area contributed by atoms with Crippen LogP contribution in [0.3, 0.4) is 0 Å². The van der Waals surface area contributed by atoms with Crippen molar-refractivity contribution in [3.05, 3.63) is 29.6 Å². The molecule has 2 rings (SSSR count). The van der Waals surface area contributed by atoms with Crippen molar-refractivity contribution in [2.24, 2.45) is 5.92 Å². The Balaban J connectivity index is 2.35. The van der Waals surface area contributed by atoms with Crippen molar-refractivity contribution in [1.82, 2.24) is 9.55 Å². The van der Waals surface area contributed by atoms with Crippen LogP contribution < -0.4 is 0 Å². The average Bonchev–Trinajstić information content (AvgIpc) is 2.71. The molecule has 0 aliphatic rings. The van der Waals surface area contributed by atoms with Crippen LogP contribution >= 0.6 is 0 Å². The number of rotatable bonds is 4. The van der Waals surface area contributed by atoms with E-state index >= 15 is 0 Å². The molecular weight excluding hydrogens is 224 g/mol. The lowest BCUT2D eigenvalue weighted by atomic mass is 10.0. The van der Waals surface area contributed by atoms with Gasteiger partial charge in [0.25, 0.3) is 0 Å². The minimum Gasteiger partial charge on any atom is -0.323 e. The van der Waals surface area contributed by atoms with Crippen LogP contribution in [0.15, 0.2) is 18.5 Å². The molecule has 0 saturated heterocycles. The van der Waals surface area contributed by atoms with Crippen LogP contribution in [0.5, 0.6) is 0 Å². The van der Waals surface area contributed by atoms with E-state index in [0.717, 1.165) is 17.5 Å². The van der Waals surface area contributed by atoms with E-state index in [1.165, 1.54) is 11.1 Å². The lowest BCUT2D eigenvalue weighted by molar-refractivity contribution is -0.122. The smallest absolute Gasteiger partial charge is 0.155 e. The van der Waals surface area contributed by atoms with Crippen molar-refractivity contribution in [1.29, 1.82) is 0 Å². The zero-order chi connectivity index (χ0) is 13.3. The maximum Gasteiger partial charge on any atom is 0.155 e. The number of Topliss-reactive ketones (excluding diaryl/α,β-unsaturated/α-hetero) is 1. The van der Waals surface area contributed by atoms with Gasteiger partial charge in [-0.05, 0) is 43.5 Å². The van der Waals surface area contributed by atoms with E-state index in [4.69, 9.17) is 0 Å². The van der Waals surface area contributed by atoms with Gasteiger partial charge in [-0.3, -0.25) is 4.79 Å². The number of benzene rings is 1. The number of fused-ring (bicyclic) bond motifs is 1. The van der Waals surface area contributed by atoms with Crippen molar-refractivity contribution in [3.8, 4) is 0 Å². The normalized spacial score (nSPS) is 12.9. The first-order valence-corrected chi connectivity index (χ1v) is 6.47. The van der Waals surface area contributed by atoms with Gasteiger partial charge in [-0.2, -0.15) is 0 Å². The molecule has 0 spiro atoms. The van der Waals surface area contributed by atoms with Crippen molar-refractivity contribution < 1.29 is 4.79 Å². The summed E-state index contributed by atoms with van der Waals surface area (Å²) in [4.78, 5) is 16.4. The first-order valence-electron chi connectivity index (χ1n) is 6.47. The highest BCUT2D eigenvalue weighted by Crippen LogP contribution is 2.19. The highest BCUT2D eigenvalue weighted by atomic mass is 16.1. The minimum atomic E-state index is 0.119. The van der Waals surface area contributed by atoms with Crippen LogP contribution in [0.2, 0.25) is 0 Å². The second kappa shape index (κ2) is 4.92. The zero-order valence-corrected chi connectivity index (χ0v) is 11.5. The maximum absolute atomic E-state index is 12.0. The van der Waals surface area contributed by atoms with Crippen LogP contribution in [0.25, 0.3) is 11.0 Å². The molecule has 0 saturated carbocycles. The highest BCUT2D eigenvalue weighted by Gasteiger charge is 2.13. The summed E-state index contributed by atoms with van der Waals surface area (Å²) in [5.41, 5.74) is 4.49. The molecule has 0 fully saturated rings. The summed E-state index contributed by atoms with van der Waals surface area (Å²) >= 11 is 0. The topological polar surface area (TPSA) is 34.9 Å². The van der Waals surface area contributed by atoms with Gasteiger partial charge >= 0.3 is 0 Å². The Morgan fingerprint density at radius 1 is 1.33 bits per heavy atom. The Hall–Kier alpha value is -1.64. The summed E-state index contributed by atoms with van der Waals surface area (Å²) in [7, 11) is 0. The third-order valence-electron chi connectivity index (χ3n) is 3.72. The van der Waals surface area contributed by atoms with Gasteiger partial charge < -0.3 is 4.57 Å². The first kappa shape index (κ1) is 12.8. The van der Waals surface area contributed by atoms with E-state index < -0.39 is 0 Å². The largest absolute Gasteiger partial charge is 0.323 e. The van der Waals surface area contributed by atoms with Crippen LogP contribution in [0.4, 0.5) is 0 Å². The van der Waals surface area contributed by atoms with Crippen LogP contribution in [0.1, 0.15) is 31.4 Å². The van der Waals surface area contributed by atoms with Gasteiger partial charge in [-0.25, -0.2) is 4.98 Å². The van der Waals surface area contributed by atoms with Crippen LogP contribution in [-0.4, -0.2) is 15.3 Å². The maximum atomic E-state index is 12.0. The summed E-state index contributed by atoms with van der Waals surface area (Å²) in [6.45, 7) is 8.62. The first-order chi connectivity index (χ1) is 8.52. The second-order valence-corrected chi connectivity index (χ2v) is 5.07. The number of aromatic nitrogens is 2. The van der Waals surface area contributed by atoms with E-state index in [-0.39, 0.29) is 11.7 Å². The van der Waals surface area contributed by atoms with E-state index in [1.54, 1.807) is 6.33 Å². The van der Waals surface area contributed by atoms with Crippen LogP contribution in [-0.2, 0) is 11.3 Å². The molecule has 0 amide bonds. The Kier molecular flexibility index (Phi) is 3.50. The monoisotopic (exact) mass is 244 g/mol. The average molecular weight is 244 g/mol. The highest BCUT2D eigenvalue weighted by molar-refractivity contribution is 5.83. The molecule has 2 aromatic rings. The number of aryl methyl sites for hydroxylation is 2. The summed E-state index contributed by atoms with van der Waals surface area (Å²) in [6, 6.07) is 4.19. The van der Waals surface area contributed by atoms with Gasteiger partial charge in [0, 0.05) is 5.92 Å². The number of nitrogens with zero attached hydrogens (tertiary/aromatic N) is 2. The fourth-order valence-corrected chi connectivity index (χ4v) is 1.99. The molecule has 0 radical (unpaired) electrons. The van der Waals surface area contributed by atoms with E-state index in [9.17, 15) is 4.79 Å². The molecule has 1 atom stereocenters. The summed E-state index contributed by atoms with van der Waals surface area (Å²) in [5.74, 6) is 0.393. The van der Waals surface area contributed by atoms with Gasteiger partial charge in [-0.1, -0.05) is 13.8 Å². The van der Waals surface area contributed by atoms with Crippen molar-refractivity contribution in [3.63, 3.8) is 0 Å². The molecule has 1 unspecified atom stereocenters. The zero-order valence-electron chi connectivity index (χ0n) is 11.5. The van der Waals surface area contributed by atoms with E-state index in [1.807, 2.05) is 18.4 Å². The van der Waals surface area contributed by atoms with Crippen molar-refractivity contribution >= 4 is 16.8 Å². The summed E-state index contributed by atoms with van der Waals surface area (Å²) in [5, 5.41) is 0. The van der Waals surface area contributed by atoms with Crippen molar-refractivity contribution in [2.75, 3.05) is 0 Å². The van der Waals surface area contributed by atoms with E-state index in [2.05, 4.69) is 31.0 Å². The quantitative estimate of drug-likeness (QED) is 0.827. The Morgan fingerprint density at radius 2 is 2.00 bits per heavy atom. The minimum absolute atomic E-state index is 0.119. The third-order valence-corrected chi connectivity index (χ3v) is 3.72. The molecule has 0 bridgehead atoms. The second-order valence-electron chi connectivity index (χ2n) is 5.07.